The number of fused-ring (bicyclic) bond motifs is 4. The van der Waals surface area contributed by atoms with Crippen LogP contribution in [0.25, 0.3) is 141 Å². The first kappa shape index (κ1) is 61.7. The van der Waals surface area contributed by atoms with Gasteiger partial charge in [0.15, 0.2) is 0 Å². The molecule has 0 N–H and O–H groups in total. The normalized spacial score (nSPS) is 15.3. The van der Waals surface area contributed by atoms with Crippen LogP contribution >= 0.6 is 0 Å². The number of halogens is 2. The van der Waals surface area contributed by atoms with Gasteiger partial charge in [-0.25, -0.2) is 8.78 Å². The third-order valence-electron chi connectivity index (χ3n) is 27.8. The van der Waals surface area contributed by atoms with Gasteiger partial charge in [0.25, 0.3) is 0 Å². The lowest BCUT2D eigenvalue weighted by molar-refractivity contribution is 0.627. The maximum Gasteiger partial charge on any atom is 0.123 e. The van der Waals surface area contributed by atoms with Gasteiger partial charge < -0.3 is 29.4 Å². The van der Waals surface area contributed by atoms with Crippen LogP contribution in [0.1, 0.15) is 49.7 Å². The molecule has 4 aliphatic rings. The molecule has 0 aliphatic carbocycles. The van der Waals surface area contributed by atoms with Gasteiger partial charge in [-0.2, -0.15) is 0 Å². The highest BCUT2D eigenvalue weighted by Crippen LogP contribution is 2.56. The van der Waals surface area contributed by atoms with E-state index in [9.17, 15) is 8.78 Å². The maximum atomic E-state index is 14.2. The van der Waals surface area contributed by atoms with Crippen molar-refractivity contribution in [2.45, 2.75) is 25.7 Å². The van der Waals surface area contributed by atoms with Crippen LogP contribution in [-0.4, -0.2) is 26.2 Å². The van der Waals surface area contributed by atoms with Gasteiger partial charge in [0.05, 0.1) is 38.8 Å². The number of nitrogens with zero attached hydrogens (tertiary/aromatic N) is 6. The van der Waals surface area contributed by atoms with Crippen LogP contribution < -0.4 is 29.4 Å². The molecule has 4 aliphatic heterocycles. The van der Waals surface area contributed by atoms with Crippen LogP contribution in [0.2, 0.25) is 0 Å². The molecule has 0 unspecified atom stereocenters. The van der Waals surface area contributed by atoms with Gasteiger partial charge in [-0.05, 0) is 269 Å². The van der Waals surface area contributed by atoms with Gasteiger partial charge in [-0.15, -0.1) is 0 Å². The Morgan fingerprint density at radius 1 is 0.206 bits per heavy atom. The fraction of sp³-hybridized carbons (Fsp3) is 0.0625. The summed E-state index contributed by atoms with van der Waals surface area (Å²) in [5.41, 5.74) is 21.7. The second kappa shape index (κ2) is 33.1. The predicted molar refractivity (Wildman–Crippen MR) is 570 cm³/mol. The lowest BCUT2D eigenvalue weighted by atomic mass is 9.85. The number of anilines is 14. The van der Waals surface area contributed by atoms with Crippen molar-refractivity contribution in [3.8, 4) is 44.5 Å². The summed E-state index contributed by atoms with van der Waals surface area (Å²) in [7, 11) is 0. The van der Waals surface area contributed by atoms with Gasteiger partial charge in [-0.1, -0.05) is 315 Å². The average molecular weight is 1770 g/mol. The summed E-state index contributed by atoms with van der Waals surface area (Å²) >= 11 is 0. The minimum atomic E-state index is -0.555. The zero-order valence-electron chi connectivity index (χ0n) is 93.3. The topological polar surface area (TPSA) is 19.4 Å². The van der Waals surface area contributed by atoms with Crippen LogP contribution in [0.15, 0.2) is 448 Å². The van der Waals surface area contributed by atoms with E-state index >= 15 is 0 Å². The summed E-state index contributed by atoms with van der Waals surface area (Å²) in [6.07, 6.45) is 3.74. The highest BCUT2D eigenvalue weighted by atomic mass is 19.1. The summed E-state index contributed by atoms with van der Waals surface area (Å²) in [5.74, 6) is -1.04. The summed E-state index contributed by atoms with van der Waals surface area (Å²) in [6.45, 7) is 3.32. The Balaban J connectivity index is 0.000000117. The minimum Gasteiger partial charge on any atom is -0.340 e. The quantitative estimate of drug-likeness (QED) is 0.100. The van der Waals surface area contributed by atoms with Crippen molar-refractivity contribution in [2.24, 2.45) is 0 Å². The van der Waals surface area contributed by atoms with Crippen molar-refractivity contribution >= 4 is 177 Å². The Bertz CT molecular complexity index is 9390. The summed E-state index contributed by atoms with van der Waals surface area (Å²) in [4.78, 5) is 12.6. The van der Waals surface area contributed by atoms with Gasteiger partial charge in [-0.3, -0.25) is 0 Å². The molecule has 0 bridgehead atoms. The standard InChI is InChI=1S/2C44H32N2.C40H26F2N2/c2*1-3-11-29(12-4-1)37-27-41(45-25-23-31-15-7-9-17-39(31)45)35-22-20-34-38(30-13-5-2-6-14-30)28-42(36-21-19-33(37)43(35)44(34)36)46-26-24-32-16-8-10-18-40(32)46;41-29-15-19-33(20-16-29)43(31-7-3-1-4-8-31)37-25-13-27-12-24-36-38(26-14-28-11-23-35(37)39(27)40(28)36)44(32-9-5-2-6-10-32)34-21-17-30(42)18-22-34/h2*1-22,27-28H,23-26H2;1-26H/i1D,2D,3D,4D,5D,6D,11D,12D,13D,14D;;1D,2D,3D,4D,5D,6D,7D,8D,9D,10D. The van der Waals surface area contributed by atoms with E-state index in [1.165, 1.54) is 158 Å². The molecule has 0 saturated carbocycles. The third kappa shape index (κ3) is 13.4. The SMILES string of the molecule is [2H]c1c([2H])c([2H])c(-c2cc(N3CCc4ccccc43)c3ccc4c(-c5c([2H])c([2H])c([2H])c([2H])c5[2H])cc(N5CCc6ccccc65)c5ccc2c3c45)c([2H])c1[2H].[2H]c1c([2H])c([2H])c(N(c2ccc(F)cc2)c2ccc3ccc4c(N(c5ccc(F)cc5)c5c([2H])c([2H])c([2H])c([2H])c5[2H])ccc5ccc2c3c54)c([2H])c1[2H].c1ccc(-c2cc(N3CCc4ccccc43)c3ccc4c(-c5ccccc5)cc(N5CCc6ccccc65)c5ccc2c3c45)cc1. The molecule has 0 atom stereocenters. The highest BCUT2D eigenvalue weighted by Gasteiger charge is 2.33. The third-order valence-corrected chi connectivity index (χ3v) is 27.8. The zero-order valence-corrected chi connectivity index (χ0v) is 73.3. The molecule has 0 saturated heterocycles. The maximum absolute atomic E-state index is 14.2. The van der Waals surface area contributed by atoms with Crippen molar-refractivity contribution in [3.63, 3.8) is 0 Å². The summed E-state index contributed by atoms with van der Waals surface area (Å²) in [5, 5.41) is 17.0. The molecule has 0 radical (unpaired) electrons. The second-order valence-corrected chi connectivity index (χ2v) is 34.9. The monoisotopic (exact) mass is 1770 g/mol. The van der Waals surface area contributed by atoms with Gasteiger partial charge >= 0.3 is 0 Å². The number of hydrogen-bond acceptors (Lipinski definition) is 6. The molecular formula is C128H90F2N6. The van der Waals surface area contributed by atoms with Gasteiger partial charge in [0.2, 0.25) is 0 Å². The van der Waals surface area contributed by atoms with Crippen LogP contribution in [0.5, 0.6) is 0 Å². The average Bonchev–Trinajstić information content (AvgIpc) is 1.11. The van der Waals surface area contributed by atoms with Crippen LogP contribution in [0, 0.1) is 11.6 Å². The summed E-state index contributed by atoms with van der Waals surface area (Å²) < 4.78 is 202. The van der Waals surface area contributed by atoms with E-state index in [1.807, 2.05) is 97.1 Å². The molecule has 24 aromatic carbocycles. The van der Waals surface area contributed by atoms with Crippen molar-refractivity contribution in [1.82, 2.24) is 0 Å². The van der Waals surface area contributed by atoms with Crippen LogP contribution in [0.4, 0.5) is 88.4 Å². The first-order valence-corrected chi connectivity index (χ1v) is 45.8. The minimum absolute atomic E-state index is 0.0993. The van der Waals surface area contributed by atoms with E-state index in [4.69, 9.17) is 27.4 Å². The number of hydrogen-bond donors (Lipinski definition) is 0. The number of benzene rings is 24. The molecule has 0 fully saturated rings. The molecule has 0 amide bonds. The molecule has 4 heterocycles. The Labute approximate surface area is 816 Å². The fourth-order valence-corrected chi connectivity index (χ4v) is 21.9. The van der Waals surface area contributed by atoms with E-state index in [0.29, 0.717) is 68.5 Å². The van der Waals surface area contributed by atoms with Gasteiger partial charge in [0, 0.05) is 148 Å². The molecule has 6 nitrogen and oxygen atoms in total. The predicted octanol–water partition coefficient (Wildman–Crippen LogP) is 34.4. The zero-order chi connectivity index (χ0) is 107. The second-order valence-electron chi connectivity index (χ2n) is 34.9. The molecule has 646 valence electrons. The van der Waals surface area contributed by atoms with E-state index in [0.717, 1.165) is 105 Å². The smallest absolute Gasteiger partial charge is 0.123 e. The molecular weight excluding hydrogens is 1660 g/mol. The first-order chi connectivity index (χ1) is 75.6. The Kier molecular flexibility index (Phi) is 15.0. The lowest BCUT2D eigenvalue weighted by Gasteiger charge is -2.29. The lowest BCUT2D eigenvalue weighted by Crippen LogP contribution is -2.15. The Morgan fingerprint density at radius 3 is 0.772 bits per heavy atom. The van der Waals surface area contributed by atoms with Crippen molar-refractivity contribution in [2.75, 3.05) is 55.6 Å². The molecule has 28 rings (SSSR count). The fourth-order valence-electron chi connectivity index (χ4n) is 21.9. The van der Waals surface area contributed by atoms with Crippen molar-refractivity contribution in [3.05, 3.63) is 482 Å². The largest absolute Gasteiger partial charge is 0.340 e. The number of rotatable bonds is 14. The molecule has 0 spiro atoms. The van der Waals surface area contributed by atoms with Crippen LogP contribution in [0.3, 0.4) is 0 Å². The Morgan fingerprint density at radius 2 is 0.463 bits per heavy atom. The van der Waals surface area contributed by atoms with E-state index < -0.39 is 108 Å². The molecule has 0 aromatic heterocycles. The van der Waals surface area contributed by atoms with Crippen LogP contribution in [-0.2, 0) is 25.7 Å². The number of para-hydroxylation sites is 6. The van der Waals surface area contributed by atoms with E-state index in [-0.39, 0.29) is 46.7 Å². The van der Waals surface area contributed by atoms with Crippen molar-refractivity contribution in [1.29, 1.82) is 0 Å². The van der Waals surface area contributed by atoms with Crippen molar-refractivity contribution < 1.29 is 36.2 Å². The highest BCUT2D eigenvalue weighted by molar-refractivity contribution is 6.35. The van der Waals surface area contributed by atoms with E-state index in [2.05, 4.69) is 189 Å². The molecule has 8 heteroatoms. The Hall–Kier alpha value is -16.9. The van der Waals surface area contributed by atoms with Gasteiger partial charge in [0.1, 0.15) is 11.6 Å². The van der Waals surface area contributed by atoms with E-state index in [1.54, 1.807) is 12.1 Å². The molecule has 136 heavy (non-hydrogen) atoms. The molecule has 24 aromatic rings. The first-order valence-electron chi connectivity index (χ1n) is 55.8. The summed E-state index contributed by atoms with van der Waals surface area (Å²) in [6, 6.07) is 99.1.